The van der Waals surface area contributed by atoms with E-state index in [1.165, 1.54) is 10.5 Å². The van der Waals surface area contributed by atoms with E-state index >= 15 is 0 Å². The molecule has 1 aromatic rings. The van der Waals surface area contributed by atoms with E-state index in [1.807, 2.05) is 0 Å². The Morgan fingerprint density at radius 3 is 2.37 bits per heavy atom. The molecule has 19 heavy (non-hydrogen) atoms. The van der Waals surface area contributed by atoms with Gasteiger partial charge in [-0.05, 0) is 49.1 Å². The molecule has 0 fully saturated rings. The fourth-order valence-corrected chi connectivity index (χ4v) is 2.55. The largest absolute Gasteiger partial charge is 0.368 e. The maximum Gasteiger partial charge on any atom is 0.237 e. The monoisotopic (exact) mass is 280 g/mol. The van der Waals surface area contributed by atoms with Gasteiger partial charge >= 0.3 is 0 Å². The number of nitrogens with two attached hydrogens (primary N) is 2. The maximum absolute atomic E-state index is 11.1. The second kappa shape index (κ2) is 6.96. The number of hydrogen-bond donors (Lipinski definition) is 2. The first-order valence-corrected chi connectivity index (χ1v) is 7.63. The van der Waals surface area contributed by atoms with Crippen LogP contribution in [0.2, 0.25) is 0 Å². The first kappa shape index (κ1) is 16.1. The van der Waals surface area contributed by atoms with Crippen LogP contribution < -0.4 is 11.5 Å². The number of hydrogen-bond acceptors (Lipinski definition) is 3. The van der Waals surface area contributed by atoms with E-state index in [4.69, 9.17) is 11.5 Å². The van der Waals surface area contributed by atoms with Crippen molar-refractivity contribution in [2.75, 3.05) is 5.75 Å². The number of primary amides is 1. The van der Waals surface area contributed by atoms with Crippen molar-refractivity contribution in [3.8, 4) is 0 Å². The first-order chi connectivity index (χ1) is 8.83. The van der Waals surface area contributed by atoms with Crippen molar-refractivity contribution >= 4 is 17.7 Å². The standard InChI is InChI=1S/C15H24N2OS/c1-11(2)12-5-7-13(8-6-12)19-10-4-9-15(3,17)14(16)18/h5-8,11H,4,9-10,17H2,1-3H3,(H2,16,18). The summed E-state index contributed by atoms with van der Waals surface area (Å²) in [6, 6.07) is 8.64. The molecular formula is C15H24N2OS. The lowest BCUT2D eigenvalue weighted by Gasteiger charge is -2.19. The molecular weight excluding hydrogens is 256 g/mol. The Labute approximate surface area is 120 Å². The van der Waals surface area contributed by atoms with Gasteiger partial charge in [-0.1, -0.05) is 26.0 Å². The third-order valence-corrected chi connectivity index (χ3v) is 4.32. The van der Waals surface area contributed by atoms with Gasteiger partial charge in [0, 0.05) is 4.90 Å². The van der Waals surface area contributed by atoms with E-state index in [1.54, 1.807) is 18.7 Å². The lowest BCUT2D eigenvalue weighted by molar-refractivity contribution is -0.122. The lowest BCUT2D eigenvalue weighted by Crippen LogP contribution is -2.49. The van der Waals surface area contributed by atoms with Gasteiger partial charge < -0.3 is 11.5 Å². The summed E-state index contributed by atoms with van der Waals surface area (Å²) >= 11 is 1.79. The average molecular weight is 280 g/mol. The second-order valence-corrected chi connectivity index (χ2v) is 6.63. The minimum absolute atomic E-state index is 0.432. The van der Waals surface area contributed by atoms with Crippen LogP contribution in [0.5, 0.6) is 0 Å². The number of benzene rings is 1. The second-order valence-electron chi connectivity index (χ2n) is 5.46. The zero-order chi connectivity index (χ0) is 14.5. The van der Waals surface area contributed by atoms with Crippen LogP contribution in [0.4, 0.5) is 0 Å². The molecule has 1 rings (SSSR count). The van der Waals surface area contributed by atoms with E-state index in [0.717, 1.165) is 12.2 Å². The topological polar surface area (TPSA) is 69.1 Å². The van der Waals surface area contributed by atoms with Crippen LogP contribution in [0.15, 0.2) is 29.2 Å². The average Bonchev–Trinajstić information content (AvgIpc) is 2.35. The Balaban J connectivity index is 2.36. The van der Waals surface area contributed by atoms with Crippen LogP contribution in [0.1, 0.15) is 45.1 Å². The molecule has 4 N–H and O–H groups in total. The highest BCUT2D eigenvalue weighted by atomic mass is 32.2. The zero-order valence-corrected chi connectivity index (χ0v) is 12.8. The third-order valence-electron chi connectivity index (χ3n) is 3.22. The molecule has 0 aliphatic rings. The molecule has 3 nitrogen and oxygen atoms in total. The van der Waals surface area contributed by atoms with Gasteiger partial charge in [-0.25, -0.2) is 0 Å². The molecule has 0 aliphatic carbocycles. The molecule has 4 heteroatoms. The van der Waals surface area contributed by atoms with Crippen LogP contribution >= 0.6 is 11.8 Å². The van der Waals surface area contributed by atoms with E-state index in [2.05, 4.69) is 38.1 Å². The van der Waals surface area contributed by atoms with Crippen molar-refractivity contribution in [2.45, 2.75) is 50.0 Å². The summed E-state index contributed by atoms with van der Waals surface area (Å²) in [5, 5.41) is 0. The predicted molar refractivity (Wildman–Crippen MR) is 82.3 cm³/mol. The van der Waals surface area contributed by atoms with Crippen molar-refractivity contribution in [2.24, 2.45) is 11.5 Å². The van der Waals surface area contributed by atoms with Crippen LogP contribution in [0.3, 0.4) is 0 Å². The molecule has 0 radical (unpaired) electrons. The molecule has 1 amide bonds. The van der Waals surface area contributed by atoms with E-state index in [0.29, 0.717) is 12.3 Å². The van der Waals surface area contributed by atoms with Crippen molar-refractivity contribution in [1.82, 2.24) is 0 Å². The van der Waals surface area contributed by atoms with Crippen LogP contribution in [0, 0.1) is 0 Å². The molecule has 0 saturated heterocycles. The first-order valence-electron chi connectivity index (χ1n) is 6.64. The van der Waals surface area contributed by atoms with Gasteiger partial charge in [0.25, 0.3) is 0 Å². The number of thioether (sulfide) groups is 1. The molecule has 1 aromatic carbocycles. The molecule has 106 valence electrons. The van der Waals surface area contributed by atoms with Crippen LogP contribution in [0.25, 0.3) is 0 Å². The summed E-state index contributed by atoms with van der Waals surface area (Å²) in [6.45, 7) is 6.07. The molecule has 1 unspecified atom stereocenters. The summed E-state index contributed by atoms with van der Waals surface area (Å²) in [6.07, 6.45) is 1.51. The molecule has 0 aromatic heterocycles. The minimum atomic E-state index is -0.887. The van der Waals surface area contributed by atoms with Gasteiger partial charge in [-0.2, -0.15) is 0 Å². The highest BCUT2D eigenvalue weighted by molar-refractivity contribution is 7.99. The van der Waals surface area contributed by atoms with Gasteiger partial charge in [0.15, 0.2) is 0 Å². The summed E-state index contributed by atoms with van der Waals surface area (Å²) < 4.78 is 0. The van der Waals surface area contributed by atoms with Gasteiger partial charge in [0.05, 0.1) is 5.54 Å². The summed E-state index contributed by atoms with van der Waals surface area (Å²) in [7, 11) is 0. The number of carbonyl (C=O) groups excluding carboxylic acids is 1. The Morgan fingerprint density at radius 1 is 1.32 bits per heavy atom. The van der Waals surface area contributed by atoms with Gasteiger partial charge in [0.1, 0.15) is 0 Å². The van der Waals surface area contributed by atoms with E-state index in [-0.39, 0.29) is 0 Å². The Hall–Kier alpha value is -1.00. The Kier molecular flexibility index (Phi) is 5.88. The van der Waals surface area contributed by atoms with Crippen molar-refractivity contribution in [3.05, 3.63) is 29.8 Å². The highest BCUT2D eigenvalue weighted by Gasteiger charge is 2.24. The lowest BCUT2D eigenvalue weighted by atomic mass is 9.97. The smallest absolute Gasteiger partial charge is 0.237 e. The van der Waals surface area contributed by atoms with Gasteiger partial charge in [0.2, 0.25) is 5.91 Å². The minimum Gasteiger partial charge on any atom is -0.368 e. The Bertz CT molecular complexity index is 413. The summed E-state index contributed by atoms with van der Waals surface area (Å²) in [5.41, 5.74) is 11.5. The molecule has 0 saturated carbocycles. The van der Waals surface area contributed by atoms with Crippen molar-refractivity contribution in [1.29, 1.82) is 0 Å². The van der Waals surface area contributed by atoms with Crippen LogP contribution in [-0.4, -0.2) is 17.2 Å². The quantitative estimate of drug-likeness (QED) is 0.596. The van der Waals surface area contributed by atoms with Crippen molar-refractivity contribution < 1.29 is 4.79 Å². The number of carbonyl (C=O) groups is 1. The molecule has 0 spiro atoms. The molecule has 0 bridgehead atoms. The van der Waals surface area contributed by atoms with Crippen molar-refractivity contribution in [3.63, 3.8) is 0 Å². The van der Waals surface area contributed by atoms with E-state index in [9.17, 15) is 4.79 Å². The van der Waals surface area contributed by atoms with Gasteiger partial charge in [-0.3, -0.25) is 4.79 Å². The number of rotatable bonds is 7. The zero-order valence-electron chi connectivity index (χ0n) is 12.0. The molecule has 0 aliphatic heterocycles. The predicted octanol–water partition coefficient (Wildman–Crippen LogP) is 2.88. The maximum atomic E-state index is 11.1. The highest BCUT2D eigenvalue weighted by Crippen LogP contribution is 2.23. The third kappa shape index (κ3) is 5.25. The number of amides is 1. The van der Waals surface area contributed by atoms with Gasteiger partial charge in [-0.15, -0.1) is 11.8 Å². The Morgan fingerprint density at radius 2 is 1.89 bits per heavy atom. The summed E-state index contributed by atoms with van der Waals surface area (Å²) in [5.74, 6) is 1.08. The SMILES string of the molecule is CC(C)c1ccc(SCCCC(C)(N)C(N)=O)cc1. The summed E-state index contributed by atoms with van der Waals surface area (Å²) in [4.78, 5) is 12.3. The van der Waals surface area contributed by atoms with E-state index < -0.39 is 11.4 Å². The molecule has 0 heterocycles. The molecule has 1 atom stereocenters. The normalized spacial score (nSPS) is 14.4. The fourth-order valence-electron chi connectivity index (χ4n) is 1.70. The van der Waals surface area contributed by atoms with Crippen LogP contribution in [-0.2, 0) is 4.79 Å². The fraction of sp³-hybridized carbons (Fsp3) is 0.533.